The first kappa shape index (κ1) is 19.7. The summed E-state index contributed by atoms with van der Waals surface area (Å²) >= 11 is 0. The molecule has 0 atom stereocenters. The quantitative estimate of drug-likeness (QED) is 0.499. The Balaban J connectivity index is 1.34. The molecule has 0 spiro atoms. The van der Waals surface area contributed by atoms with Crippen LogP contribution in [0.4, 0.5) is 17.2 Å². The molecule has 0 aliphatic carbocycles. The van der Waals surface area contributed by atoms with Gasteiger partial charge >= 0.3 is 0 Å². The molecule has 158 valence electrons. The first-order chi connectivity index (χ1) is 15.6. The third-order valence-electron chi connectivity index (χ3n) is 5.61. The van der Waals surface area contributed by atoms with E-state index in [-0.39, 0.29) is 5.91 Å². The molecule has 0 radical (unpaired) electrons. The highest BCUT2D eigenvalue weighted by molar-refractivity contribution is 6.06. The lowest BCUT2D eigenvalue weighted by atomic mass is 10.1. The van der Waals surface area contributed by atoms with E-state index in [1.54, 1.807) is 24.5 Å². The van der Waals surface area contributed by atoms with E-state index in [2.05, 4.69) is 15.3 Å². The zero-order chi connectivity index (χ0) is 22.1. The second-order valence-corrected chi connectivity index (χ2v) is 7.71. The van der Waals surface area contributed by atoms with Crippen molar-refractivity contribution in [3.63, 3.8) is 0 Å². The Morgan fingerprint density at radius 3 is 2.47 bits per heavy atom. The van der Waals surface area contributed by atoms with E-state index in [0.717, 1.165) is 29.8 Å². The van der Waals surface area contributed by atoms with E-state index in [1.165, 1.54) is 0 Å². The molecule has 0 saturated carbocycles. The van der Waals surface area contributed by atoms with Gasteiger partial charge in [0.15, 0.2) is 0 Å². The maximum atomic E-state index is 11.9. The molecular weight excluding hydrogens is 402 g/mol. The summed E-state index contributed by atoms with van der Waals surface area (Å²) in [4.78, 5) is 34.4. The first-order valence-corrected chi connectivity index (χ1v) is 10.4. The normalized spacial score (nSPS) is 13.5. The van der Waals surface area contributed by atoms with Gasteiger partial charge < -0.3 is 16.0 Å². The van der Waals surface area contributed by atoms with Gasteiger partial charge in [0.25, 0.3) is 0 Å². The molecule has 0 unspecified atom stereocenters. The fourth-order valence-electron chi connectivity index (χ4n) is 3.97. The molecule has 7 nitrogen and oxygen atoms in total. The summed E-state index contributed by atoms with van der Waals surface area (Å²) in [5, 5.41) is 3.91. The van der Waals surface area contributed by atoms with Crippen molar-refractivity contribution < 1.29 is 9.59 Å². The monoisotopic (exact) mass is 423 g/mol. The van der Waals surface area contributed by atoms with Gasteiger partial charge in [-0.3, -0.25) is 14.6 Å². The van der Waals surface area contributed by atoms with Crippen molar-refractivity contribution in [1.29, 1.82) is 0 Å². The molecule has 3 heterocycles. The maximum Gasteiger partial charge on any atom is 0.249 e. The minimum Gasteiger partial charge on any atom is -0.366 e. The molecule has 0 bridgehead atoms. The van der Waals surface area contributed by atoms with E-state index >= 15 is 0 Å². The molecule has 5 rings (SSSR count). The topological polar surface area (TPSA) is 101 Å². The second-order valence-electron chi connectivity index (χ2n) is 7.71. The van der Waals surface area contributed by atoms with Crippen LogP contribution in [0.15, 0.2) is 73.1 Å². The number of fused-ring (bicyclic) bond motifs is 1. The Morgan fingerprint density at radius 1 is 0.969 bits per heavy atom. The minimum atomic E-state index is -0.489. The zero-order valence-electron chi connectivity index (χ0n) is 17.3. The Hall–Kier alpha value is -4.26. The van der Waals surface area contributed by atoms with Gasteiger partial charge in [-0.1, -0.05) is 18.2 Å². The van der Waals surface area contributed by atoms with Crippen LogP contribution in [-0.4, -0.2) is 28.3 Å². The number of primary amides is 1. The number of nitrogens with zero attached hydrogens (tertiary/aromatic N) is 3. The molecule has 4 aromatic rings. The van der Waals surface area contributed by atoms with Gasteiger partial charge in [-0.05, 0) is 54.4 Å². The summed E-state index contributed by atoms with van der Waals surface area (Å²) in [6.45, 7) is 0.782. The molecule has 1 fully saturated rings. The molecule has 1 saturated heterocycles. The average Bonchev–Trinajstić information content (AvgIpc) is 3.25. The highest BCUT2D eigenvalue weighted by Gasteiger charge is 2.21. The summed E-state index contributed by atoms with van der Waals surface area (Å²) < 4.78 is 0. The van der Waals surface area contributed by atoms with E-state index in [4.69, 9.17) is 5.73 Å². The number of pyridine rings is 2. The van der Waals surface area contributed by atoms with Crippen molar-refractivity contribution in [2.24, 2.45) is 5.73 Å². The van der Waals surface area contributed by atoms with Crippen LogP contribution in [0.1, 0.15) is 23.2 Å². The zero-order valence-corrected chi connectivity index (χ0v) is 17.3. The van der Waals surface area contributed by atoms with Crippen LogP contribution in [-0.2, 0) is 4.79 Å². The molecule has 1 aliphatic rings. The van der Waals surface area contributed by atoms with Crippen LogP contribution in [0.3, 0.4) is 0 Å². The molecule has 1 aliphatic heterocycles. The fourth-order valence-corrected chi connectivity index (χ4v) is 3.97. The van der Waals surface area contributed by atoms with Crippen LogP contribution in [0.5, 0.6) is 0 Å². The lowest BCUT2D eigenvalue weighted by molar-refractivity contribution is -0.117. The van der Waals surface area contributed by atoms with Crippen molar-refractivity contribution in [1.82, 2.24) is 9.97 Å². The third kappa shape index (κ3) is 3.76. The van der Waals surface area contributed by atoms with Crippen molar-refractivity contribution in [2.45, 2.75) is 12.8 Å². The number of amides is 2. The van der Waals surface area contributed by atoms with Crippen molar-refractivity contribution in [3.8, 4) is 11.1 Å². The number of carbonyl (C=O) groups is 2. The largest absolute Gasteiger partial charge is 0.366 e. The van der Waals surface area contributed by atoms with E-state index < -0.39 is 5.91 Å². The number of nitrogens with two attached hydrogens (primary N) is 1. The van der Waals surface area contributed by atoms with Crippen LogP contribution >= 0.6 is 0 Å². The molecule has 2 aromatic heterocycles. The van der Waals surface area contributed by atoms with Crippen LogP contribution in [0.25, 0.3) is 22.0 Å². The van der Waals surface area contributed by atoms with Gasteiger partial charge in [-0.15, -0.1) is 0 Å². The predicted molar refractivity (Wildman–Crippen MR) is 125 cm³/mol. The Labute approximate surface area is 184 Å². The minimum absolute atomic E-state index is 0.181. The number of hydrogen-bond donors (Lipinski definition) is 2. The van der Waals surface area contributed by atoms with Gasteiger partial charge in [-0.25, -0.2) is 4.98 Å². The van der Waals surface area contributed by atoms with Crippen molar-refractivity contribution >= 4 is 39.9 Å². The number of hydrogen-bond acceptors (Lipinski definition) is 5. The van der Waals surface area contributed by atoms with Crippen molar-refractivity contribution in [3.05, 3.63) is 78.6 Å². The van der Waals surface area contributed by atoms with E-state index in [1.807, 2.05) is 53.4 Å². The number of benzene rings is 2. The number of rotatable bonds is 5. The third-order valence-corrected chi connectivity index (χ3v) is 5.61. The van der Waals surface area contributed by atoms with Gasteiger partial charge in [0.1, 0.15) is 5.82 Å². The Kier molecular flexibility index (Phi) is 4.99. The molecule has 7 heteroatoms. The Morgan fingerprint density at radius 2 is 1.78 bits per heavy atom. The SMILES string of the molecule is NC(=O)c1cccc2ncc(Nc3ccc(-c4ccc(N5CCCC5=O)cc4)cn3)cc12. The van der Waals surface area contributed by atoms with Crippen LogP contribution < -0.4 is 16.0 Å². The number of nitrogens with one attached hydrogen (secondary N) is 1. The lowest BCUT2D eigenvalue weighted by Crippen LogP contribution is -2.23. The van der Waals surface area contributed by atoms with E-state index in [0.29, 0.717) is 34.4 Å². The summed E-state index contributed by atoms with van der Waals surface area (Å²) in [7, 11) is 0. The molecule has 2 amide bonds. The summed E-state index contributed by atoms with van der Waals surface area (Å²) in [6, 6.07) is 19.0. The van der Waals surface area contributed by atoms with E-state index in [9.17, 15) is 9.59 Å². The second kappa shape index (κ2) is 8.11. The molecular formula is C25H21N5O2. The van der Waals surface area contributed by atoms with Gasteiger partial charge in [0.2, 0.25) is 11.8 Å². The summed E-state index contributed by atoms with van der Waals surface area (Å²) in [5.74, 6) is 0.351. The number of aromatic nitrogens is 2. The predicted octanol–water partition coefficient (Wildman–Crippen LogP) is 4.27. The highest BCUT2D eigenvalue weighted by atomic mass is 16.2. The van der Waals surface area contributed by atoms with Gasteiger partial charge in [0, 0.05) is 41.4 Å². The smallest absolute Gasteiger partial charge is 0.249 e. The highest BCUT2D eigenvalue weighted by Crippen LogP contribution is 2.27. The molecule has 3 N–H and O–H groups in total. The van der Waals surface area contributed by atoms with Crippen molar-refractivity contribution in [2.75, 3.05) is 16.8 Å². The molecule has 32 heavy (non-hydrogen) atoms. The lowest BCUT2D eigenvalue weighted by Gasteiger charge is -2.16. The Bertz CT molecular complexity index is 1320. The number of carbonyl (C=O) groups excluding carboxylic acids is 2. The summed E-state index contributed by atoms with van der Waals surface area (Å²) in [5.41, 5.74) is 10.3. The first-order valence-electron chi connectivity index (χ1n) is 10.4. The standard InChI is InChI=1S/C25H21N5O2/c26-25(32)20-3-1-4-22-21(20)13-18(15-27-22)29-23-11-8-17(14-28-23)16-6-9-19(10-7-16)30-12-2-5-24(30)31/h1,3-4,6-11,13-15H,2,5,12H2,(H2,26,32)(H,28,29). The fraction of sp³-hybridized carbons (Fsp3) is 0.120. The van der Waals surface area contributed by atoms with Crippen LogP contribution in [0, 0.1) is 0 Å². The average molecular weight is 423 g/mol. The van der Waals surface area contributed by atoms with Crippen LogP contribution in [0.2, 0.25) is 0 Å². The number of anilines is 3. The molecule has 2 aromatic carbocycles. The summed E-state index contributed by atoms with van der Waals surface area (Å²) in [6.07, 6.45) is 5.02. The van der Waals surface area contributed by atoms with Gasteiger partial charge in [-0.2, -0.15) is 0 Å². The van der Waals surface area contributed by atoms with Gasteiger partial charge in [0.05, 0.1) is 17.4 Å². The maximum absolute atomic E-state index is 11.9.